The Morgan fingerprint density at radius 3 is 2.39 bits per heavy atom. The molecule has 0 atom stereocenters. The fourth-order valence-electron chi connectivity index (χ4n) is 2.63. The van der Waals surface area contributed by atoms with Gasteiger partial charge in [-0.3, -0.25) is 0 Å². The highest BCUT2D eigenvalue weighted by molar-refractivity contribution is 5.73. The molecule has 0 saturated heterocycles. The first-order chi connectivity index (χ1) is 13.3. The molecule has 5 nitrogen and oxygen atoms in total. The van der Waals surface area contributed by atoms with Gasteiger partial charge in [-0.1, -0.05) is 30.3 Å². The molecule has 3 rings (SSSR count). The van der Waals surface area contributed by atoms with E-state index < -0.39 is 11.7 Å². The normalized spacial score (nSPS) is 11.3. The topological polar surface area (TPSA) is 50.2 Å². The molecule has 0 aliphatic rings. The summed E-state index contributed by atoms with van der Waals surface area (Å²) in [6, 6.07) is 14.0. The molecule has 0 aliphatic carbocycles. The molecule has 2 aromatic carbocycles. The van der Waals surface area contributed by atoms with Crippen LogP contribution in [0.1, 0.15) is 16.7 Å². The van der Waals surface area contributed by atoms with E-state index in [9.17, 15) is 18.0 Å². The van der Waals surface area contributed by atoms with Crippen molar-refractivity contribution in [1.29, 1.82) is 0 Å². The molecule has 0 spiro atoms. The van der Waals surface area contributed by atoms with Crippen LogP contribution >= 0.6 is 0 Å². The maximum absolute atomic E-state index is 12.6. The number of hydrogen-bond donors (Lipinski definition) is 1. The number of hydrogen-bond acceptors (Lipinski definition) is 2. The van der Waals surface area contributed by atoms with E-state index >= 15 is 0 Å². The molecule has 0 saturated carbocycles. The van der Waals surface area contributed by atoms with Crippen LogP contribution in [-0.2, 0) is 19.3 Å². The Balaban J connectivity index is 1.53. The number of alkyl halides is 3. The molecule has 3 aromatic rings. The number of carbonyl (C=O) groups excluding carboxylic acids is 1. The second-order valence-corrected chi connectivity index (χ2v) is 6.34. The first-order valence-electron chi connectivity index (χ1n) is 8.57. The van der Waals surface area contributed by atoms with Crippen LogP contribution in [0.2, 0.25) is 0 Å². The molecule has 0 fully saturated rings. The maximum Gasteiger partial charge on any atom is 0.416 e. The second kappa shape index (κ2) is 8.16. The Labute approximate surface area is 160 Å². The molecule has 0 unspecified atom stereocenters. The lowest BCUT2D eigenvalue weighted by molar-refractivity contribution is -0.137. The number of urea groups is 1. The van der Waals surface area contributed by atoms with Gasteiger partial charge in [0, 0.05) is 25.4 Å². The molecule has 146 valence electrons. The summed E-state index contributed by atoms with van der Waals surface area (Å²) in [5.74, 6) is 0. The van der Waals surface area contributed by atoms with Crippen molar-refractivity contribution in [3.8, 4) is 5.69 Å². The monoisotopic (exact) mass is 388 g/mol. The van der Waals surface area contributed by atoms with Gasteiger partial charge in [-0.15, -0.1) is 0 Å². The fourth-order valence-corrected chi connectivity index (χ4v) is 2.63. The van der Waals surface area contributed by atoms with E-state index in [4.69, 9.17) is 0 Å². The highest BCUT2D eigenvalue weighted by Crippen LogP contribution is 2.29. The molecule has 8 heteroatoms. The maximum atomic E-state index is 12.6. The lowest BCUT2D eigenvalue weighted by Crippen LogP contribution is -2.36. The van der Waals surface area contributed by atoms with Gasteiger partial charge in [-0.25, -0.2) is 9.48 Å². The van der Waals surface area contributed by atoms with Crippen molar-refractivity contribution >= 4 is 6.03 Å². The summed E-state index contributed by atoms with van der Waals surface area (Å²) in [4.78, 5) is 13.7. The van der Waals surface area contributed by atoms with Gasteiger partial charge in [0.1, 0.15) is 0 Å². The molecule has 2 amide bonds. The lowest BCUT2D eigenvalue weighted by atomic mass is 10.1. The summed E-state index contributed by atoms with van der Waals surface area (Å²) in [5, 5.41) is 6.98. The van der Waals surface area contributed by atoms with Gasteiger partial charge in [-0.2, -0.15) is 18.3 Å². The van der Waals surface area contributed by atoms with Crippen LogP contribution in [0.3, 0.4) is 0 Å². The third-order valence-corrected chi connectivity index (χ3v) is 4.15. The average molecular weight is 388 g/mol. The van der Waals surface area contributed by atoms with E-state index in [2.05, 4.69) is 10.4 Å². The van der Waals surface area contributed by atoms with E-state index in [-0.39, 0.29) is 12.6 Å². The molecular formula is C20H19F3N4O. The number of nitrogens with one attached hydrogen (secondary N) is 1. The van der Waals surface area contributed by atoms with Gasteiger partial charge >= 0.3 is 12.2 Å². The van der Waals surface area contributed by atoms with Gasteiger partial charge in [0.25, 0.3) is 0 Å². The smallest absolute Gasteiger partial charge is 0.334 e. The van der Waals surface area contributed by atoms with Crippen LogP contribution in [0.15, 0.2) is 67.0 Å². The van der Waals surface area contributed by atoms with E-state index in [1.807, 2.05) is 36.5 Å². The number of rotatable bonds is 5. The predicted octanol–water partition coefficient (Wildman–Crippen LogP) is 4.23. The van der Waals surface area contributed by atoms with E-state index in [1.165, 1.54) is 17.0 Å². The Morgan fingerprint density at radius 2 is 1.75 bits per heavy atom. The quantitative estimate of drug-likeness (QED) is 0.711. The van der Waals surface area contributed by atoms with Crippen molar-refractivity contribution in [2.24, 2.45) is 0 Å². The van der Waals surface area contributed by atoms with Crippen molar-refractivity contribution < 1.29 is 18.0 Å². The van der Waals surface area contributed by atoms with Gasteiger partial charge in [0.15, 0.2) is 0 Å². The molecule has 1 aromatic heterocycles. The molecule has 0 bridgehead atoms. The zero-order valence-corrected chi connectivity index (χ0v) is 15.1. The van der Waals surface area contributed by atoms with Gasteiger partial charge < -0.3 is 10.2 Å². The largest absolute Gasteiger partial charge is 0.416 e. The number of benzene rings is 2. The zero-order chi connectivity index (χ0) is 20.1. The predicted molar refractivity (Wildman–Crippen MR) is 98.7 cm³/mol. The second-order valence-electron chi connectivity index (χ2n) is 6.34. The van der Waals surface area contributed by atoms with Crippen LogP contribution in [0.4, 0.5) is 18.0 Å². The average Bonchev–Trinajstić information content (AvgIpc) is 3.15. The molecule has 0 aliphatic heterocycles. The SMILES string of the molecule is CN(Cc1cnn(-c2ccccc2)c1)C(=O)NCc1ccc(C(F)(F)F)cc1. The number of carbonyl (C=O) groups is 1. The minimum atomic E-state index is -4.37. The highest BCUT2D eigenvalue weighted by Gasteiger charge is 2.29. The van der Waals surface area contributed by atoms with E-state index in [0.29, 0.717) is 12.1 Å². The Morgan fingerprint density at radius 1 is 1.07 bits per heavy atom. The first-order valence-corrected chi connectivity index (χ1v) is 8.57. The summed E-state index contributed by atoms with van der Waals surface area (Å²) in [6.45, 7) is 0.496. The fraction of sp³-hybridized carbons (Fsp3) is 0.200. The van der Waals surface area contributed by atoms with E-state index in [0.717, 1.165) is 23.4 Å². The van der Waals surface area contributed by atoms with Crippen LogP contribution < -0.4 is 5.32 Å². The highest BCUT2D eigenvalue weighted by atomic mass is 19.4. The third kappa shape index (κ3) is 4.91. The van der Waals surface area contributed by atoms with Crippen LogP contribution in [0, 0.1) is 0 Å². The van der Waals surface area contributed by atoms with Crippen LogP contribution in [0.5, 0.6) is 0 Å². The van der Waals surface area contributed by atoms with Crippen molar-refractivity contribution in [3.05, 3.63) is 83.7 Å². The van der Waals surface area contributed by atoms with Gasteiger partial charge in [0.05, 0.1) is 24.0 Å². The molecule has 1 heterocycles. The standard InChI is InChI=1S/C20H19F3N4O/c1-26(13-16-12-25-27(14-16)18-5-3-2-4-6-18)19(28)24-11-15-7-9-17(10-8-15)20(21,22)23/h2-10,12,14H,11,13H2,1H3,(H,24,28). The van der Waals surface area contributed by atoms with Gasteiger partial charge in [-0.05, 0) is 29.8 Å². The van der Waals surface area contributed by atoms with Crippen molar-refractivity contribution in [2.75, 3.05) is 7.05 Å². The lowest BCUT2D eigenvalue weighted by Gasteiger charge is -2.17. The number of amides is 2. The summed E-state index contributed by atoms with van der Waals surface area (Å²) in [5.41, 5.74) is 1.65. The number of nitrogens with zero attached hydrogens (tertiary/aromatic N) is 3. The van der Waals surface area contributed by atoms with Crippen molar-refractivity contribution in [3.63, 3.8) is 0 Å². The Hall–Kier alpha value is -3.29. The van der Waals surface area contributed by atoms with Gasteiger partial charge in [0.2, 0.25) is 0 Å². The summed E-state index contributed by atoms with van der Waals surface area (Å²) in [7, 11) is 1.64. The van der Waals surface area contributed by atoms with Crippen molar-refractivity contribution in [2.45, 2.75) is 19.3 Å². The minimum Gasteiger partial charge on any atom is -0.334 e. The number of aromatic nitrogens is 2. The summed E-state index contributed by atoms with van der Waals surface area (Å²) >= 11 is 0. The van der Waals surface area contributed by atoms with Crippen LogP contribution in [0.25, 0.3) is 5.69 Å². The molecular weight excluding hydrogens is 369 g/mol. The zero-order valence-electron chi connectivity index (χ0n) is 15.1. The Kier molecular flexibility index (Phi) is 5.67. The van der Waals surface area contributed by atoms with Crippen molar-refractivity contribution in [1.82, 2.24) is 20.0 Å². The number of para-hydroxylation sites is 1. The molecule has 1 N–H and O–H groups in total. The van der Waals surface area contributed by atoms with Crippen LogP contribution in [-0.4, -0.2) is 27.8 Å². The summed E-state index contributed by atoms with van der Waals surface area (Å²) in [6.07, 6.45) is -0.839. The Bertz CT molecular complexity index is 921. The number of halogens is 3. The third-order valence-electron chi connectivity index (χ3n) is 4.15. The first kappa shape index (κ1) is 19.5. The van der Waals surface area contributed by atoms with E-state index in [1.54, 1.807) is 17.9 Å². The minimum absolute atomic E-state index is 0.143. The summed E-state index contributed by atoms with van der Waals surface area (Å²) < 4.78 is 39.4. The molecule has 0 radical (unpaired) electrons. The molecule has 28 heavy (non-hydrogen) atoms.